The Kier molecular flexibility index (Phi) is 5.18. The number of rotatable bonds is 7. The minimum Gasteiger partial charge on any atom is -0.475 e. The molecule has 0 aliphatic heterocycles. The van der Waals surface area contributed by atoms with Crippen LogP contribution in [0.5, 0.6) is 0 Å². The number of aromatic carboxylic acids is 1. The highest BCUT2D eigenvalue weighted by Gasteiger charge is 2.14. The molecule has 17 heavy (non-hydrogen) atoms. The van der Waals surface area contributed by atoms with Crippen LogP contribution in [-0.4, -0.2) is 31.3 Å². The molecule has 5 heteroatoms. The van der Waals surface area contributed by atoms with E-state index in [2.05, 4.69) is 12.2 Å². The van der Waals surface area contributed by atoms with Crippen molar-refractivity contribution in [2.24, 2.45) is 5.92 Å². The summed E-state index contributed by atoms with van der Waals surface area (Å²) in [5.74, 6) is -0.0434. The number of ether oxygens (including phenoxy) is 1. The number of carbonyl (C=O) groups is 1. The van der Waals surface area contributed by atoms with Crippen LogP contribution in [0.25, 0.3) is 0 Å². The molecule has 1 aromatic heterocycles. The first-order valence-corrected chi connectivity index (χ1v) is 5.60. The molecule has 96 valence electrons. The molecule has 0 saturated carbocycles. The Bertz CT molecular complexity index is 361. The summed E-state index contributed by atoms with van der Waals surface area (Å²) in [4.78, 5) is 10.7. The molecule has 1 rings (SSSR count). The first kappa shape index (κ1) is 13.7. The molecule has 5 nitrogen and oxygen atoms in total. The Hall–Kier alpha value is -1.33. The second kappa shape index (κ2) is 6.42. The largest absolute Gasteiger partial charge is 0.475 e. The fraction of sp³-hybridized carbons (Fsp3) is 0.583. The highest BCUT2D eigenvalue weighted by atomic mass is 16.5. The van der Waals surface area contributed by atoms with Gasteiger partial charge in [0.2, 0.25) is 5.76 Å². The van der Waals surface area contributed by atoms with Gasteiger partial charge in [-0.1, -0.05) is 6.92 Å². The summed E-state index contributed by atoms with van der Waals surface area (Å²) in [6.45, 7) is 5.49. The Morgan fingerprint density at radius 1 is 1.53 bits per heavy atom. The van der Waals surface area contributed by atoms with Gasteiger partial charge in [0.25, 0.3) is 0 Å². The maximum atomic E-state index is 10.7. The number of hydrogen-bond acceptors (Lipinski definition) is 4. The monoisotopic (exact) mass is 241 g/mol. The molecule has 2 atom stereocenters. The number of furan rings is 1. The maximum Gasteiger partial charge on any atom is 0.371 e. The first-order valence-electron chi connectivity index (χ1n) is 5.60. The van der Waals surface area contributed by atoms with Gasteiger partial charge in [0.05, 0.1) is 6.04 Å². The molecule has 2 unspecified atom stereocenters. The van der Waals surface area contributed by atoms with Crippen LogP contribution >= 0.6 is 0 Å². The molecule has 0 amide bonds. The van der Waals surface area contributed by atoms with Crippen molar-refractivity contribution in [3.8, 4) is 0 Å². The van der Waals surface area contributed by atoms with Crippen molar-refractivity contribution in [2.45, 2.75) is 19.9 Å². The van der Waals surface area contributed by atoms with E-state index in [0.717, 1.165) is 6.54 Å². The van der Waals surface area contributed by atoms with Gasteiger partial charge in [-0.2, -0.15) is 0 Å². The van der Waals surface area contributed by atoms with Gasteiger partial charge in [0, 0.05) is 20.3 Å². The van der Waals surface area contributed by atoms with E-state index in [1.54, 1.807) is 13.2 Å². The van der Waals surface area contributed by atoms with Crippen LogP contribution in [0.3, 0.4) is 0 Å². The number of methoxy groups -OCH3 is 1. The molecule has 0 radical (unpaired) electrons. The third-order valence-electron chi connectivity index (χ3n) is 2.49. The molecule has 0 bridgehead atoms. The highest BCUT2D eigenvalue weighted by Crippen LogP contribution is 2.16. The van der Waals surface area contributed by atoms with Crippen LogP contribution in [0, 0.1) is 5.92 Å². The number of carboxylic acids is 1. The normalized spacial score (nSPS) is 14.5. The van der Waals surface area contributed by atoms with Gasteiger partial charge in [-0.3, -0.25) is 0 Å². The topological polar surface area (TPSA) is 71.7 Å². The summed E-state index contributed by atoms with van der Waals surface area (Å²) >= 11 is 0. The standard InChI is InChI=1S/C12H19NO4/c1-8(7-16-3)6-13-9(2)10-4-5-11(17-10)12(14)15/h4-5,8-9,13H,6-7H2,1-3H3,(H,14,15). The molecule has 1 heterocycles. The van der Waals surface area contributed by atoms with Crippen LogP contribution in [0.15, 0.2) is 16.5 Å². The smallest absolute Gasteiger partial charge is 0.371 e. The Labute approximate surface area is 101 Å². The lowest BCUT2D eigenvalue weighted by Crippen LogP contribution is -2.26. The van der Waals surface area contributed by atoms with Crippen LogP contribution < -0.4 is 5.32 Å². The second-order valence-corrected chi connectivity index (χ2v) is 4.20. The van der Waals surface area contributed by atoms with Crippen LogP contribution in [0.4, 0.5) is 0 Å². The number of nitrogens with one attached hydrogen (secondary N) is 1. The van der Waals surface area contributed by atoms with E-state index in [4.69, 9.17) is 14.3 Å². The van der Waals surface area contributed by atoms with Crippen LogP contribution in [-0.2, 0) is 4.74 Å². The van der Waals surface area contributed by atoms with E-state index >= 15 is 0 Å². The van der Waals surface area contributed by atoms with E-state index in [-0.39, 0.29) is 11.8 Å². The van der Waals surface area contributed by atoms with E-state index < -0.39 is 5.97 Å². The SMILES string of the molecule is COCC(C)CNC(C)c1ccc(C(=O)O)o1. The summed E-state index contributed by atoms with van der Waals surface area (Å²) in [7, 11) is 1.67. The van der Waals surface area contributed by atoms with Crippen molar-refractivity contribution in [2.75, 3.05) is 20.3 Å². The van der Waals surface area contributed by atoms with E-state index in [1.165, 1.54) is 6.07 Å². The minimum absolute atomic E-state index is 0.0117. The lowest BCUT2D eigenvalue weighted by Gasteiger charge is -2.15. The number of hydrogen-bond donors (Lipinski definition) is 2. The van der Waals surface area contributed by atoms with Crippen LogP contribution in [0.2, 0.25) is 0 Å². The lowest BCUT2D eigenvalue weighted by atomic mass is 10.1. The van der Waals surface area contributed by atoms with Gasteiger partial charge < -0.3 is 19.6 Å². The Balaban J connectivity index is 2.46. The quantitative estimate of drug-likeness (QED) is 0.763. The second-order valence-electron chi connectivity index (χ2n) is 4.20. The molecular formula is C12H19NO4. The van der Waals surface area contributed by atoms with Crippen molar-refractivity contribution in [3.05, 3.63) is 23.7 Å². The molecule has 0 saturated heterocycles. The Morgan fingerprint density at radius 3 is 2.76 bits per heavy atom. The van der Waals surface area contributed by atoms with Crippen molar-refractivity contribution >= 4 is 5.97 Å². The van der Waals surface area contributed by atoms with Gasteiger partial charge in [-0.05, 0) is 25.0 Å². The van der Waals surface area contributed by atoms with Crippen molar-refractivity contribution in [3.63, 3.8) is 0 Å². The zero-order valence-electron chi connectivity index (χ0n) is 10.4. The molecule has 0 fully saturated rings. The average Bonchev–Trinajstić information content (AvgIpc) is 2.75. The fourth-order valence-corrected chi connectivity index (χ4v) is 1.52. The van der Waals surface area contributed by atoms with Gasteiger partial charge in [-0.15, -0.1) is 0 Å². The van der Waals surface area contributed by atoms with E-state index in [1.807, 2.05) is 6.92 Å². The van der Waals surface area contributed by atoms with Crippen molar-refractivity contribution in [1.29, 1.82) is 0 Å². The van der Waals surface area contributed by atoms with Crippen molar-refractivity contribution < 1.29 is 19.1 Å². The zero-order chi connectivity index (χ0) is 12.8. The van der Waals surface area contributed by atoms with Crippen LogP contribution in [0.1, 0.15) is 36.2 Å². The van der Waals surface area contributed by atoms with Gasteiger partial charge in [0.1, 0.15) is 5.76 Å². The average molecular weight is 241 g/mol. The van der Waals surface area contributed by atoms with Crippen molar-refractivity contribution in [1.82, 2.24) is 5.32 Å². The van der Waals surface area contributed by atoms with Gasteiger partial charge >= 0.3 is 5.97 Å². The summed E-state index contributed by atoms with van der Waals surface area (Å²) < 4.78 is 10.2. The predicted octanol–water partition coefficient (Wildman–Crippen LogP) is 1.91. The molecule has 2 N–H and O–H groups in total. The minimum atomic E-state index is -1.05. The molecule has 0 aromatic carbocycles. The summed E-state index contributed by atoms with van der Waals surface area (Å²) in [5, 5.41) is 12.0. The predicted molar refractivity (Wildman–Crippen MR) is 63.1 cm³/mol. The zero-order valence-corrected chi connectivity index (χ0v) is 10.4. The third kappa shape index (κ3) is 4.20. The summed E-state index contributed by atoms with van der Waals surface area (Å²) in [6.07, 6.45) is 0. The van der Waals surface area contributed by atoms with E-state index in [0.29, 0.717) is 18.3 Å². The van der Waals surface area contributed by atoms with Gasteiger partial charge in [-0.25, -0.2) is 4.79 Å². The first-order chi connectivity index (χ1) is 8.04. The lowest BCUT2D eigenvalue weighted by molar-refractivity contribution is 0.0659. The highest BCUT2D eigenvalue weighted by molar-refractivity contribution is 5.84. The summed E-state index contributed by atoms with van der Waals surface area (Å²) in [5.41, 5.74) is 0. The van der Waals surface area contributed by atoms with E-state index in [9.17, 15) is 4.79 Å². The molecule has 1 aromatic rings. The fourth-order valence-electron chi connectivity index (χ4n) is 1.52. The maximum absolute atomic E-state index is 10.7. The molecule has 0 aliphatic carbocycles. The van der Waals surface area contributed by atoms with Gasteiger partial charge in [0.15, 0.2) is 0 Å². The molecule has 0 aliphatic rings. The molecular weight excluding hydrogens is 222 g/mol. The third-order valence-corrected chi connectivity index (χ3v) is 2.49. The molecule has 0 spiro atoms. The Morgan fingerprint density at radius 2 is 2.24 bits per heavy atom. The summed E-state index contributed by atoms with van der Waals surface area (Å²) in [6, 6.07) is 3.14. The number of carboxylic acid groups (broad SMARTS) is 1.